The van der Waals surface area contributed by atoms with Crippen LogP contribution in [-0.2, 0) is 22.5 Å². The van der Waals surface area contributed by atoms with Gasteiger partial charge in [0, 0.05) is 37.2 Å². The van der Waals surface area contributed by atoms with Gasteiger partial charge in [0.1, 0.15) is 23.6 Å². The van der Waals surface area contributed by atoms with Crippen molar-refractivity contribution in [1.82, 2.24) is 9.88 Å². The van der Waals surface area contributed by atoms with Crippen LogP contribution >= 0.6 is 0 Å². The van der Waals surface area contributed by atoms with Crippen molar-refractivity contribution in [2.24, 2.45) is 0 Å². The summed E-state index contributed by atoms with van der Waals surface area (Å²) in [5.74, 6) is 0.815. The molecule has 1 spiro atoms. The highest BCUT2D eigenvalue weighted by molar-refractivity contribution is 5.85. The Morgan fingerprint density at radius 3 is 2.33 bits per heavy atom. The van der Waals surface area contributed by atoms with Crippen LogP contribution in [0, 0.1) is 0 Å². The molecule has 0 radical (unpaired) electrons. The Morgan fingerprint density at radius 2 is 1.69 bits per heavy atom. The number of benzene rings is 2. The second-order valence-electron chi connectivity index (χ2n) is 11.6. The Hall–Kier alpha value is -4.33. The lowest BCUT2D eigenvalue weighted by Gasteiger charge is -2.44. The van der Waals surface area contributed by atoms with Gasteiger partial charge in [0.15, 0.2) is 0 Å². The highest BCUT2D eigenvalue weighted by Gasteiger charge is 2.41. The average Bonchev–Trinajstić information content (AvgIpc) is 2.97. The largest absolute Gasteiger partial charge is 0.485 e. The van der Waals surface area contributed by atoms with Crippen LogP contribution in [0.15, 0.2) is 79.4 Å². The second kappa shape index (κ2) is 13.6. The van der Waals surface area contributed by atoms with Gasteiger partial charge in [-0.15, -0.1) is 6.58 Å². The third-order valence-corrected chi connectivity index (χ3v) is 7.04. The van der Waals surface area contributed by atoms with Crippen molar-refractivity contribution >= 4 is 17.9 Å². The van der Waals surface area contributed by atoms with Crippen LogP contribution < -0.4 is 10.1 Å². The maximum atomic E-state index is 12.4. The lowest BCUT2D eigenvalue weighted by Crippen LogP contribution is -2.52. The van der Waals surface area contributed by atoms with Gasteiger partial charge in [-0.1, -0.05) is 48.5 Å². The number of anilines is 1. The van der Waals surface area contributed by atoms with Gasteiger partial charge in [0.25, 0.3) is 0 Å². The molecule has 1 aromatic heterocycles. The predicted octanol–water partition coefficient (Wildman–Crippen LogP) is 7.78. The number of piperidine rings is 1. The molecule has 3 aromatic rings. The number of hydrogen-bond donors (Lipinski definition) is 1. The Balaban J connectivity index is 0.00000129. The summed E-state index contributed by atoms with van der Waals surface area (Å²) in [5.41, 5.74) is 3.57. The maximum absolute atomic E-state index is 12.4. The van der Waals surface area contributed by atoms with Crippen LogP contribution in [0.4, 0.5) is 15.3 Å². The van der Waals surface area contributed by atoms with Gasteiger partial charge in [-0.2, -0.15) is 0 Å². The average molecular weight is 572 g/mol. The Kier molecular flexibility index (Phi) is 9.88. The van der Waals surface area contributed by atoms with Gasteiger partial charge >= 0.3 is 12.2 Å². The number of amides is 2. The molecule has 0 unspecified atom stereocenters. The molecular formula is C34H41N3O5. The number of nitrogens with one attached hydrogen (secondary N) is 1. The summed E-state index contributed by atoms with van der Waals surface area (Å²) in [6.07, 6.45) is 4.23. The van der Waals surface area contributed by atoms with Crippen molar-refractivity contribution in [3.63, 3.8) is 0 Å². The number of aromatic nitrogens is 1. The fourth-order valence-electron chi connectivity index (χ4n) is 4.93. The van der Waals surface area contributed by atoms with E-state index in [-0.39, 0.29) is 18.3 Å². The minimum Gasteiger partial charge on any atom is -0.485 e. The van der Waals surface area contributed by atoms with Crippen LogP contribution in [-0.4, -0.2) is 46.4 Å². The van der Waals surface area contributed by atoms with E-state index in [0.29, 0.717) is 18.8 Å². The first kappa shape index (κ1) is 30.6. The maximum Gasteiger partial charge on any atom is 0.411 e. The van der Waals surface area contributed by atoms with Crippen molar-refractivity contribution in [2.45, 2.75) is 71.2 Å². The predicted molar refractivity (Wildman–Crippen MR) is 165 cm³/mol. The van der Waals surface area contributed by atoms with E-state index in [1.54, 1.807) is 11.0 Å². The number of rotatable bonds is 4. The summed E-state index contributed by atoms with van der Waals surface area (Å²) in [4.78, 5) is 31.2. The molecular weight excluding hydrogens is 530 g/mol. The molecule has 8 heteroatoms. The van der Waals surface area contributed by atoms with Crippen LogP contribution in [0.5, 0.6) is 5.75 Å². The molecule has 5 rings (SSSR count). The number of hydrogen-bond acceptors (Lipinski definition) is 6. The zero-order valence-corrected chi connectivity index (χ0v) is 25.0. The standard InChI is InChI=1S/C31H35N3O5.C3H6/c1-30(2,3)39-29(36)34-19-17-31(18-20-34)16-15-26-27(38-31)14-13-25(33-26)23-9-11-24(12-10-23)32-28(35)37-21-22-7-5-4-6-8-22;1-3-2/h4-14H,15-21H2,1-3H3,(H,32,35);3H,1H2,2H3. The van der Waals surface area contributed by atoms with Gasteiger partial charge in [0.2, 0.25) is 0 Å². The molecule has 1 N–H and O–H groups in total. The lowest BCUT2D eigenvalue weighted by atomic mass is 9.84. The number of allylic oxidation sites excluding steroid dienone is 1. The monoisotopic (exact) mass is 571 g/mol. The highest BCUT2D eigenvalue weighted by Crippen LogP contribution is 2.39. The van der Waals surface area contributed by atoms with Gasteiger partial charge in [-0.3, -0.25) is 5.32 Å². The molecule has 42 heavy (non-hydrogen) atoms. The van der Waals surface area contributed by atoms with Crippen molar-refractivity contribution in [3.8, 4) is 17.0 Å². The molecule has 0 bridgehead atoms. The van der Waals surface area contributed by atoms with Crippen molar-refractivity contribution in [2.75, 3.05) is 18.4 Å². The molecule has 3 heterocycles. The summed E-state index contributed by atoms with van der Waals surface area (Å²) >= 11 is 0. The molecule has 0 saturated carbocycles. The number of ether oxygens (including phenoxy) is 3. The van der Waals surface area contributed by atoms with Crippen LogP contribution in [0.25, 0.3) is 11.3 Å². The molecule has 1 saturated heterocycles. The molecule has 1 fully saturated rings. The van der Waals surface area contributed by atoms with Crippen molar-refractivity contribution < 1.29 is 23.8 Å². The fourth-order valence-corrected chi connectivity index (χ4v) is 4.93. The smallest absolute Gasteiger partial charge is 0.411 e. The quantitative estimate of drug-likeness (QED) is 0.322. The van der Waals surface area contributed by atoms with E-state index < -0.39 is 11.7 Å². The molecule has 0 atom stereocenters. The summed E-state index contributed by atoms with van der Waals surface area (Å²) in [5, 5.41) is 2.76. The number of nitrogens with zero attached hydrogens (tertiary/aromatic N) is 2. The zero-order valence-electron chi connectivity index (χ0n) is 25.0. The van der Waals surface area contributed by atoms with E-state index in [1.807, 2.05) is 94.4 Å². The SMILES string of the molecule is C=CC.CC(C)(C)OC(=O)N1CCC2(CCc3nc(-c4ccc(NC(=O)OCc5ccccc5)cc4)ccc3O2)CC1. The second-order valence-corrected chi connectivity index (χ2v) is 11.6. The first-order valence-corrected chi connectivity index (χ1v) is 14.4. The lowest BCUT2D eigenvalue weighted by molar-refractivity contribution is -0.0278. The van der Waals surface area contributed by atoms with Crippen LogP contribution in [0.1, 0.15) is 58.2 Å². The van der Waals surface area contributed by atoms with E-state index in [2.05, 4.69) is 11.9 Å². The summed E-state index contributed by atoms with van der Waals surface area (Å²) in [6, 6.07) is 21.0. The van der Waals surface area contributed by atoms with E-state index in [9.17, 15) is 9.59 Å². The van der Waals surface area contributed by atoms with Crippen molar-refractivity contribution in [1.29, 1.82) is 0 Å². The molecule has 8 nitrogen and oxygen atoms in total. The first-order valence-electron chi connectivity index (χ1n) is 14.4. The number of aryl methyl sites for hydroxylation is 1. The Morgan fingerprint density at radius 1 is 1.02 bits per heavy atom. The first-order chi connectivity index (χ1) is 20.1. The minimum atomic E-state index is -0.499. The molecule has 0 aliphatic carbocycles. The van der Waals surface area contributed by atoms with Gasteiger partial charge in [-0.05, 0) is 70.4 Å². The Labute approximate surface area is 248 Å². The van der Waals surface area contributed by atoms with Crippen molar-refractivity contribution in [3.05, 3.63) is 90.6 Å². The van der Waals surface area contributed by atoms with E-state index >= 15 is 0 Å². The van der Waals surface area contributed by atoms with Crippen LogP contribution in [0.2, 0.25) is 0 Å². The van der Waals surface area contributed by atoms with Gasteiger partial charge in [0.05, 0.1) is 11.4 Å². The minimum absolute atomic E-state index is 0.217. The fraction of sp³-hybridized carbons (Fsp3) is 0.382. The topological polar surface area (TPSA) is 90.0 Å². The number of carbonyl (C=O) groups is 2. The summed E-state index contributed by atoms with van der Waals surface area (Å²) < 4.78 is 17.3. The molecule has 2 amide bonds. The van der Waals surface area contributed by atoms with E-state index in [0.717, 1.165) is 53.9 Å². The summed E-state index contributed by atoms with van der Waals surface area (Å²) in [6.45, 7) is 12.4. The normalized spacial score (nSPS) is 15.3. The Bertz CT molecular complexity index is 1360. The molecule has 222 valence electrons. The van der Waals surface area contributed by atoms with Crippen LogP contribution in [0.3, 0.4) is 0 Å². The third-order valence-electron chi connectivity index (χ3n) is 7.04. The molecule has 2 aliphatic heterocycles. The summed E-state index contributed by atoms with van der Waals surface area (Å²) in [7, 11) is 0. The number of pyridine rings is 1. The van der Waals surface area contributed by atoms with Gasteiger partial charge in [-0.25, -0.2) is 14.6 Å². The number of likely N-dealkylation sites (tertiary alicyclic amines) is 1. The van der Waals surface area contributed by atoms with E-state index in [4.69, 9.17) is 19.2 Å². The number of fused-ring (bicyclic) bond motifs is 1. The molecule has 2 aromatic carbocycles. The highest BCUT2D eigenvalue weighted by atomic mass is 16.6. The molecule has 2 aliphatic rings. The third kappa shape index (κ3) is 8.35. The number of carbonyl (C=O) groups excluding carboxylic acids is 2. The van der Waals surface area contributed by atoms with Gasteiger partial charge < -0.3 is 19.1 Å². The van der Waals surface area contributed by atoms with E-state index in [1.165, 1.54) is 0 Å². The zero-order chi connectivity index (χ0) is 30.2.